The van der Waals surface area contributed by atoms with Crippen molar-refractivity contribution < 1.29 is 9.21 Å². The van der Waals surface area contributed by atoms with E-state index in [0.29, 0.717) is 41.9 Å². The van der Waals surface area contributed by atoms with E-state index in [2.05, 4.69) is 22.4 Å². The fourth-order valence-electron chi connectivity index (χ4n) is 3.86. The van der Waals surface area contributed by atoms with E-state index in [1.165, 1.54) is 5.56 Å². The van der Waals surface area contributed by atoms with Crippen molar-refractivity contribution in [2.24, 2.45) is 0 Å². The van der Waals surface area contributed by atoms with Crippen molar-refractivity contribution in [1.82, 2.24) is 19.9 Å². The van der Waals surface area contributed by atoms with Gasteiger partial charge in [-0.3, -0.25) is 9.36 Å². The Morgan fingerprint density at radius 1 is 0.941 bits per heavy atom. The van der Waals surface area contributed by atoms with Crippen LogP contribution in [0, 0.1) is 0 Å². The number of benzene rings is 3. The van der Waals surface area contributed by atoms with Crippen LogP contribution < -0.4 is 5.32 Å². The Labute approximate surface area is 202 Å². The van der Waals surface area contributed by atoms with Crippen molar-refractivity contribution >= 4 is 28.5 Å². The van der Waals surface area contributed by atoms with Crippen molar-refractivity contribution in [3.05, 3.63) is 102 Å². The van der Waals surface area contributed by atoms with Crippen LogP contribution in [0.1, 0.15) is 17.7 Å². The fourth-order valence-corrected chi connectivity index (χ4v) is 3.99. The lowest BCUT2D eigenvalue weighted by Gasteiger charge is -2.05. The molecule has 0 fully saturated rings. The predicted octanol–water partition coefficient (Wildman–Crippen LogP) is 5.63. The average Bonchev–Trinajstić information content (AvgIpc) is 3.48. The van der Waals surface area contributed by atoms with E-state index in [0.717, 1.165) is 23.0 Å². The number of para-hydroxylation sites is 2. The molecule has 1 amide bonds. The van der Waals surface area contributed by atoms with Crippen LogP contribution in [0.4, 0.5) is 0 Å². The standard InChI is InChI=1S/C27H23ClN4O2/c28-21-12-10-20(11-13-21)26-24(14-15-25(33)29-17-16-19-6-2-1-3-7-19)34-27(31-26)32-18-30-22-8-4-5-9-23(22)32/h1-13,18H,14-17H2,(H,29,33). The van der Waals surface area contributed by atoms with Gasteiger partial charge in [0.05, 0.1) is 11.0 Å². The summed E-state index contributed by atoms with van der Waals surface area (Å²) in [5, 5.41) is 3.64. The van der Waals surface area contributed by atoms with E-state index in [9.17, 15) is 4.79 Å². The number of oxazole rings is 1. The third kappa shape index (κ3) is 4.87. The number of rotatable bonds is 8. The summed E-state index contributed by atoms with van der Waals surface area (Å²) >= 11 is 6.08. The number of amides is 1. The van der Waals surface area contributed by atoms with E-state index in [1.807, 2.05) is 71.3 Å². The van der Waals surface area contributed by atoms with Gasteiger partial charge in [0, 0.05) is 30.0 Å². The number of aromatic nitrogens is 3. The third-order valence-electron chi connectivity index (χ3n) is 5.62. The fraction of sp³-hybridized carbons (Fsp3) is 0.148. The molecule has 7 heteroatoms. The molecule has 0 aliphatic heterocycles. The highest BCUT2D eigenvalue weighted by molar-refractivity contribution is 6.30. The number of nitrogens with one attached hydrogen (secondary N) is 1. The first-order valence-corrected chi connectivity index (χ1v) is 11.5. The molecule has 6 nitrogen and oxygen atoms in total. The Morgan fingerprint density at radius 3 is 2.53 bits per heavy atom. The van der Waals surface area contributed by atoms with E-state index in [1.54, 1.807) is 6.33 Å². The molecule has 170 valence electrons. The van der Waals surface area contributed by atoms with Gasteiger partial charge in [-0.1, -0.05) is 66.2 Å². The second-order valence-electron chi connectivity index (χ2n) is 7.96. The normalized spacial score (nSPS) is 11.1. The van der Waals surface area contributed by atoms with Crippen LogP contribution in [0.2, 0.25) is 5.02 Å². The van der Waals surface area contributed by atoms with Crippen LogP contribution in [-0.2, 0) is 17.6 Å². The quantitative estimate of drug-likeness (QED) is 0.319. The molecule has 2 heterocycles. The van der Waals surface area contributed by atoms with E-state index in [-0.39, 0.29) is 5.91 Å². The van der Waals surface area contributed by atoms with Gasteiger partial charge in [-0.2, -0.15) is 4.98 Å². The molecular weight excluding hydrogens is 448 g/mol. The predicted molar refractivity (Wildman–Crippen MR) is 133 cm³/mol. The van der Waals surface area contributed by atoms with Gasteiger partial charge in [-0.25, -0.2) is 4.98 Å². The molecule has 0 saturated carbocycles. The maximum atomic E-state index is 12.5. The van der Waals surface area contributed by atoms with Crippen molar-refractivity contribution in [1.29, 1.82) is 0 Å². The van der Waals surface area contributed by atoms with Crippen LogP contribution in [0.3, 0.4) is 0 Å². The third-order valence-corrected chi connectivity index (χ3v) is 5.87. The zero-order valence-electron chi connectivity index (χ0n) is 18.4. The van der Waals surface area contributed by atoms with Gasteiger partial charge in [0.15, 0.2) is 0 Å². The Kier molecular flexibility index (Phi) is 6.40. The Morgan fingerprint density at radius 2 is 1.71 bits per heavy atom. The average molecular weight is 471 g/mol. The molecule has 0 radical (unpaired) electrons. The summed E-state index contributed by atoms with van der Waals surface area (Å²) in [5.74, 6) is 0.623. The second-order valence-corrected chi connectivity index (χ2v) is 8.40. The number of hydrogen-bond donors (Lipinski definition) is 1. The summed E-state index contributed by atoms with van der Waals surface area (Å²) < 4.78 is 7.99. The molecular formula is C27H23ClN4O2. The van der Waals surface area contributed by atoms with Gasteiger partial charge in [-0.15, -0.1) is 0 Å². The number of halogens is 1. The molecule has 0 aliphatic carbocycles. The molecule has 0 unspecified atom stereocenters. The molecule has 5 aromatic rings. The minimum absolute atomic E-state index is 0.0241. The smallest absolute Gasteiger partial charge is 0.308 e. The lowest BCUT2D eigenvalue weighted by Crippen LogP contribution is -2.25. The van der Waals surface area contributed by atoms with Crippen LogP contribution in [-0.4, -0.2) is 27.0 Å². The lowest BCUT2D eigenvalue weighted by molar-refractivity contribution is -0.121. The first kappa shape index (κ1) is 21.9. The van der Waals surface area contributed by atoms with Crippen molar-refractivity contribution in [3.63, 3.8) is 0 Å². The first-order valence-electron chi connectivity index (χ1n) is 11.2. The van der Waals surface area contributed by atoms with Crippen LogP contribution >= 0.6 is 11.6 Å². The Balaban J connectivity index is 1.35. The molecule has 3 aromatic carbocycles. The highest BCUT2D eigenvalue weighted by atomic mass is 35.5. The van der Waals surface area contributed by atoms with E-state index >= 15 is 0 Å². The van der Waals surface area contributed by atoms with Gasteiger partial charge in [0.2, 0.25) is 5.91 Å². The molecule has 34 heavy (non-hydrogen) atoms. The number of aryl methyl sites for hydroxylation is 1. The summed E-state index contributed by atoms with van der Waals surface area (Å²) in [6.45, 7) is 0.593. The van der Waals surface area contributed by atoms with Gasteiger partial charge < -0.3 is 9.73 Å². The summed E-state index contributed by atoms with van der Waals surface area (Å²) in [7, 11) is 0. The zero-order chi connectivity index (χ0) is 23.3. The van der Waals surface area contributed by atoms with Crippen molar-refractivity contribution in [2.45, 2.75) is 19.3 Å². The number of carbonyl (C=O) groups excluding carboxylic acids is 1. The van der Waals surface area contributed by atoms with E-state index < -0.39 is 0 Å². The minimum atomic E-state index is -0.0241. The summed E-state index contributed by atoms with van der Waals surface area (Å²) in [6, 6.07) is 25.7. The molecule has 1 N–H and O–H groups in total. The number of fused-ring (bicyclic) bond motifs is 1. The molecule has 2 aromatic heterocycles. The summed E-state index contributed by atoms with van der Waals surface area (Å²) in [5.41, 5.74) is 4.52. The molecule has 0 saturated heterocycles. The zero-order valence-corrected chi connectivity index (χ0v) is 19.2. The molecule has 0 aliphatic rings. The van der Waals surface area contributed by atoms with Crippen LogP contribution in [0.25, 0.3) is 28.3 Å². The minimum Gasteiger partial charge on any atom is -0.427 e. The highest BCUT2D eigenvalue weighted by Crippen LogP contribution is 2.29. The number of hydrogen-bond acceptors (Lipinski definition) is 4. The number of imidazole rings is 1. The van der Waals surface area contributed by atoms with Gasteiger partial charge in [0.1, 0.15) is 17.8 Å². The summed E-state index contributed by atoms with van der Waals surface area (Å²) in [6.07, 6.45) is 3.22. The SMILES string of the molecule is O=C(CCc1oc(-n2cnc3ccccc32)nc1-c1ccc(Cl)cc1)NCCc1ccccc1. The lowest BCUT2D eigenvalue weighted by atomic mass is 10.1. The Bertz CT molecular complexity index is 1410. The first-order chi connectivity index (χ1) is 16.7. The molecule has 0 spiro atoms. The van der Waals surface area contributed by atoms with Gasteiger partial charge in [-0.05, 0) is 36.2 Å². The topological polar surface area (TPSA) is 73.0 Å². The summed E-state index contributed by atoms with van der Waals surface area (Å²) in [4.78, 5) is 21.7. The van der Waals surface area contributed by atoms with E-state index in [4.69, 9.17) is 21.0 Å². The largest absolute Gasteiger partial charge is 0.427 e. The molecule has 0 bridgehead atoms. The van der Waals surface area contributed by atoms with Crippen molar-refractivity contribution in [3.8, 4) is 17.3 Å². The molecule has 5 rings (SSSR count). The van der Waals surface area contributed by atoms with Gasteiger partial charge >= 0.3 is 6.01 Å². The Hall–Kier alpha value is -3.90. The van der Waals surface area contributed by atoms with Gasteiger partial charge in [0.25, 0.3) is 0 Å². The van der Waals surface area contributed by atoms with Crippen LogP contribution in [0.5, 0.6) is 0 Å². The molecule has 0 atom stereocenters. The number of nitrogens with zero attached hydrogens (tertiary/aromatic N) is 3. The maximum Gasteiger partial charge on any atom is 0.308 e. The van der Waals surface area contributed by atoms with Crippen molar-refractivity contribution in [2.75, 3.05) is 6.54 Å². The number of carbonyl (C=O) groups is 1. The highest BCUT2D eigenvalue weighted by Gasteiger charge is 2.19. The van der Waals surface area contributed by atoms with Crippen LogP contribution in [0.15, 0.2) is 89.6 Å². The maximum absolute atomic E-state index is 12.5. The second kappa shape index (κ2) is 9.93. The monoisotopic (exact) mass is 470 g/mol.